The van der Waals surface area contributed by atoms with Gasteiger partial charge in [-0.05, 0) is 103 Å². The van der Waals surface area contributed by atoms with Crippen LogP contribution in [0, 0.1) is 0 Å². The summed E-state index contributed by atoms with van der Waals surface area (Å²) in [5.41, 5.74) is 14.4. The van der Waals surface area contributed by atoms with E-state index in [1.54, 1.807) is 0 Å². The Bertz CT molecular complexity index is 3270. The van der Waals surface area contributed by atoms with Crippen LogP contribution in [0.3, 0.4) is 0 Å². The Labute approximate surface area is 337 Å². The van der Waals surface area contributed by atoms with Gasteiger partial charge in [0.05, 0.1) is 5.69 Å². The van der Waals surface area contributed by atoms with Crippen LogP contribution >= 0.6 is 0 Å². The van der Waals surface area contributed by atoms with Crippen molar-refractivity contribution in [3.8, 4) is 44.5 Å². The SMILES string of the molecule is c1ccc(-c2ccccc2N(c2cccc(-c3ccc4c(c3)c(-c3ccccc3)c(-c3ccccc3)c3ccccc34)c2)c2ccc3c(c2)oc2ccccc23)cc1. The molecule has 2 nitrogen and oxygen atoms in total. The number of furan rings is 1. The van der Waals surface area contributed by atoms with E-state index < -0.39 is 0 Å². The molecule has 0 aliphatic carbocycles. The maximum atomic E-state index is 6.46. The highest BCUT2D eigenvalue weighted by molar-refractivity contribution is 6.22. The predicted octanol–water partition coefficient (Wildman–Crippen LogP) is 16.0. The fourth-order valence-electron chi connectivity index (χ4n) is 8.82. The first-order chi connectivity index (χ1) is 28.8. The molecule has 11 aromatic rings. The maximum Gasteiger partial charge on any atom is 0.137 e. The zero-order chi connectivity index (χ0) is 38.4. The third kappa shape index (κ3) is 5.74. The summed E-state index contributed by atoms with van der Waals surface area (Å²) in [6, 6.07) is 80.7. The van der Waals surface area contributed by atoms with Gasteiger partial charge < -0.3 is 9.32 Å². The number of benzene rings is 10. The number of nitrogens with zero attached hydrogens (tertiary/aromatic N) is 1. The molecule has 1 aromatic heterocycles. The molecule has 0 saturated carbocycles. The van der Waals surface area contributed by atoms with Gasteiger partial charge >= 0.3 is 0 Å². The molecule has 0 spiro atoms. The molecule has 1 heterocycles. The summed E-state index contributed by atoms with van der Waals surface area (Å²) in [6.07, 6.45) is 0. The van der Waals surface area contributed by atoms with Crippen LogP contribution in [0.5, 0.6) is 0 Å². The van der Waals surface area contributed by atoms with E-state index in [4.69, 9.17) is 4.42 Å². The van der Waals surface area contributed by atoms with E-state index in [2.05, 4.69) is 217 Å². The molecule has 2 heteroatoms. The summed E-state index contributed by atoms with van der Waals surface area (Å²) in [4.78, 5) is 2.37. The molecule has 0 amide bonds. The highest BCUT2D eigenvalue weighted by atomic mass is 16.3. The Morgan fingerprint density at radius 1 is 0.276 bits per heavy atom. The van der Waals surface area contributed by atoms with Crippen LogP contribution < -0.4 is 4.90 Å². The van der Waals surface area contributed by atoms with Gasteiger partial charge in [0, 0.05) is 33.8 Å². The van der Waals surface area contributed by atoms with Crippen molar-refractivity contribution in [2.45, 2.75) is 0 Å². The largest absolute Gasteiger partial charge is 0.456 e. The first-order valence-corrected chi connectivity index (χ1v) is 19.8. The number of hydrogen-bond donors (Lipinski definition) is 0. The lowest BCUT2D eigenvalue weighted by atomic mass is 9.84. The van der Waals surface area contributed by atoms with Crippen LogP contribution in [0.2, 0.25) is 0 Å². The molecule has 58 heavy (non-hydrogen) atoms. The Morgan fingerprint density at radius 3 is 1.55 bits per heavy atom. The number of para-hydroxylation sites is 2. The van der Waals surface area contributed by atoms with E-state index in [1.165, 1.54) is 43.8 Å². The highest BCUT2D eigenvalue weighted by Crippen LogP contribution is 2.47. The quantitative estimate of drug-likeness (QED) is 0.151. The summed E-state index contributed by atoms with van der Waals surface area (Å²) in [7, 11) is 0. The van der Waals surface area contributed by atoms with Gasteiger partial charge in [-0.3, -0.25) is 0 Å². The fraction of sp³-hybridized carbons (Fsp3) is 0. The summed E-state index contributed by atoms with van der Waals surface area (Å²) in [5.74, 6) is 0. The second kappa shape index (κ2) is 14.1. The lowest BCUT2D eigenvalue weighted by Crippen LogP contribution is -2.11. The van der Waals surface area contributed by atoms with E-state index in [9.17, 15) is 0 Å². The zero-order valence-electron chi connectivity index (χ0n) is 31.7. The molecule has 0 saturated heterocycles. The van der Waals surface area contributed by atoms with Crippen molar-refractivity contribution in [3.63, 3.8) is 0 Å². The standard InChI is InChI=1S/C56H37NO/c1-4-17-38(18-5-1)45-25-12-14-29-52(45)57(44-32-34-49-48-27-13-15-30-53(48)58-54(49)37-44)43-24-16-23-41(35-43)42-31-33-47-46-26-10-11-28-50(46)55(39-19-6-2-7-20-39)56(51(47)36-42)40-21-8-3-9-22-40/h1-37H. The third-order valence-corrected chi connectivity index (χ3v) is 11.4. The minimum absolute atomic E-state index is 0.862. The van der Waals surface area contributed by atoms with E-state index in [1.807, 2.05) is 12.1 Å². The summed E-state index contributed by atoms with van der Waals surface area (Å²) in [6.45, 7) is 0. The van der Waals surface area contributed by atoms with Gasteiger partial charge in [0.25, 0.3) is 0 Å². The van der Waals surface area contributed by atoms with Crippen LogP contribution in [0.1, 0.15) is 0 Å². The van der Waals surface area contributed by atoms with E-state index >= 15 is 0 Å². The molecule has 10 aromatic carbocycles. The van der Waals surface area contributed by atoms with Gasteiger partial charge in [0.1, 0.15) is 11.2 Å². The van der Waals surface area contributed by atoms with Crippen LogP contribution in [0.15, 0.2) is 229 Å². The molecule has 272 valence electrons. The molecule has 0 fully saturated rings. The molecule has 0 radical (unpaired) electrons. The molecule has 0 unspecified atom stereocenters. The fourth-order valence-corrected chi connectivity index (χ4v) is 8.82. The molecule has 0 aliphatic heterocycles. The molecule has 0 N–H and O–H groups in total. The minimum atomic E-state index is 0.862. The van der Waals surface area contributed by atoms with Gasteiger partial charge in [-0.25, -0.2) is 0 Å². The van der Waals surface area contributed by atoms with Gasteiger partial charge in [-0.15, -0.1) is 0 Å². The number of hydrogen-bond acceptors (Lipinski definition) is 2. The van der Waals surface area contributed by atoms with Crippen molar-refractivity contribution >= 4 is 60.5 Å². The Morgan fingerprint density at radius 2 is 0.793 bits per heavy atom. The average molecular weight is 740 g/mol. The zero-order valence-corrected chi connectivity index (χ0v) is 31.7. The van der Waals surface area contributed by atoms with E-state index in [0.717, 1.165) is 61.3 Å². The number of fused-ring (bicyclic) bond motifs is 6. The van der Waals surface area contributed by atoms with Gasteiger partial charge in [-0.1, -0.05) is 176 Å². The topological polar surface area (TPSA) is 16.4 Å². The average Bonchev–Trinajstić information content (AvgIpc) is 3.68. The van der Waals surface area contributed by atoms with Crippen molar-refractivity contribution in [1.29, 1.82) is 0 Å². The Hall–Kier alpha value is -7.68. The lowest BCUT2D eigenvalue weighted by molar-refractivity contribution is 0.669. The molecule has 0 atom stereocenters. The molecule has 0 aliphatic rings. The normalized spacial score (nSPS) is 11.4. The van der Waals surface area contributed by atoms with E-state index in [0.29, 0.717) is 0 Å². The highest BCUT2D eigenvalue weighted by Gasteiger charge is 2.21. The molecule has 0 bridgehead atoms. The number of rotatable bonds is 7. The van der Waals surface area contributed by atoms with Crippen LogP contribution in [-0.4, -0.2) is 0 Å². The maximum absolute atomic E-state index is 6.46. The monoisotopic (exact) mass is 739 g/mol. The lowest BCUT2D eigenvalue weighted by Gasteiger charge is -2.28. The first-order valence-electron chi connectivity index (χ1n) is 19.8. The number of anilines is 3. The second-order valence-corrected chi connectivity index (χ2v) is 14.8. The second-order valence-electron chi connectivity index (χ2n) is 14.8. The minimum Gasteiger partial charge on any atom is -0.456 e. The van der Waals surface area contributed by atoms with Crippen molar-refractivity contribution in [3.05, 3.63) is 224 Å². The predicted molar refractivity (Wildman–Crippen MR) is 245 cm³/mol. The summed E-state index contributed by atoms with van der Waals surface area (Å²) < 4.78 is 6.46. The summed E-state index contributed by atoms with van der Waals surface area (Å²) >= 11 is 0. The van der Waals surface area contributed by atoms with Crippen molar-refractivity contribution in [1.82, 2.24) is 0 Å². The van der Waals surface area contributed by atoms with Crippen molar-refractivity contribution in [2.75, 3.05) is 4.90 Å². The Balaban J connectivity index is 1.14. The smallest absolute Gasteiger partial charge is 0.137 e. The van der Waals surface area contributed by atoms with Crippen LogP contribution in [0.4, 0.5) is 17.1 Å². The van der Waals surface area contributed by atoms with Crippen LogP contribution in [-0.2, 0) is 0 Å². The van der Waals surface area contributed by atoms with Crippen molar-refractivity contribution < 1.29 is 4.42 Å². The first kappa shape index (κ1) is 33.6. The van der Waals surface area contributed by atoms with Crippen LogP contribution in [0.25, 0.3) is 88.0 Å². The van der Waals surface area contributed by atoms with Crippen molar-refractivity contribution in [2.24, 2.45) is 0 Å². The van der Waals surface area contributed by atoms with E-state index in [-0.39, 0.29) is 0 Å². The summed E-state index contributed by atoms with van der Waals surface area (Å²) in [5, 5.41) is 7.21. The Kier molecular flexibility index (Phi) is 8.19. The third-order valence-electron chi connectivity index (χ3n) is 11.4. The molecule has 11 rings (SSSR count). The van der Waals surface area contributed by atoms with Gasteiger partial charge in [0.15, 0.2) is 0 Å². The van der Waals surface area contributed by atoms with Gasteiger partial charge in [0.2, 0.25) is 0 Å². The molecular formula is C56H37NO. The molecular weight excluding hydrogens is 703 g/mol. The van der Waals surface area contributed by atoms with Gasteiger partial charge in [-0.2, -0.15) is 0 Å².